The van der Waals surface area contributed by atoms with Crippen LogP contribution >= 0.6 is 0 Å². The molecule has 18 heavy (non-hydrogen) atoms. The summed E-state index contributed by atoms with van der Waals surface area (Å²) in [4.78, 5) is 0. The Morgan fingerprint density at radius 2 is 2.39 bits per heavy atom. The highest BCUT2D eigenvalue weighted by molar-refractivity contribution is 7.87. The zero-order valence-corrected chi connectivity index (χ0v) is 11.0. The van der Waals surface area contributed by atoms with Gasteiger partial charge in [-0.15, -0.1) is 0 Å². The molecule has 2 heterocycles. The highest BCUT2D eigenvalue weighted by Crippen LogP contribution is 2.17. The zero-order valence-electron chi connectivity index (χ0n) is 10.2. The van der Waals surface area contributed by atoms with Gasteiger partial charge in [0.25, 0.3) is 10.2 Å². The van der Waals surface area contributed by atoms with Gasteiger partial charge in [-0.2, -0.15) is 17.4 Å². The second-order valence-corrected chi connectivity index (χ2v) is 6.26. The Bertz CT molecular complexity index is 458. The van der Waals surface area contributed by atoms with E-state index in [1.165, 1.54) is 10.6 Å². The maximum Gasteiger partial charge on any atom is 0.279 e. The number of hydrogen-bond acceptors (Lipinski definition) is 4. The second-order valence-electron chi connectivity index (χ2n) is 4.51. The molecule has 1 saturated heterocycles. The Kier molecular flexibility index (Phi) is 4.39. The van der Waals surface area contributed by atoms with Crippen LogP contribution in [0.15, 0.2) is 22.8 Å². The van der Waals surface area contributed by atoms with Crippen LogP contribution in [0.25, 0.3) is 0 Å². The molecule has 1 aliphatic heterocycles. The summed E-state index contributed by atoms with van der Waals surface area (Å²) in [5, 5.41) is 0. The number of furan rings is 1. The summed E-state index contributed by atoms with van der Waals surface area (Å²) >= 11 is 0. The summed E-state index contributed by atoms with van der Waals surface area (Å²) in [6, 6.07) is 3.47. The Hall–Kier alpha value is -0.890. The molecule has 0 bridgehead atoms. The molecule has 3 N–H and O–H groups in total. The Morgan fingerprint density at radius 3 is 3.06 bits per heavy atom. The van der Waals surface area contributed by atoms with E-state index < -0.39 is 10.2 Å². The van der Waals surface area contributed by atoms with Crippen LogP contribution in [0.4, 0.5) is 0 Å². The lowest BCUT2D eigenvalue weighted by molar-refractivity contribution is 0.268. The third-order valence-electron chi connectivity index (χ3n) is 3.16. The maximum absolute atomic E-state index is 12.1. The van der Waals surface area contributed by atoms with Crippen molar-refractivity contribution in [3.63, 3.8) is 0 Å². The molecular formula is C11H19N3O3S. The average molecular weight is 273 g/mol. The van der Waals surface area contributed by atoms with Crippen molar-refractivity contribution in [3.8, 4) is 0 Å². The predicted octanol–water partition coefficient (Wildman–Crippen LogP) is 0.285. The van der Waals surface area contributed by atoms with Crippen molar-refractivity contribution in [2.24, 2.45) is 11.7 Å². The Balaban J connectivity index is 1.93. The third-order valence-corrected chi connectivity index (χ3v) is 4.68. The van der Waals surface area contributed by atoms with Crippen LogP contribution in [0.3, 0.4) is 0 Å². The van der Waals surface area contributed by atoms with Crippen molar-refractivity contribution in [2.45, 2.75) is 19.4 Å². The van der Waals surface area contributed by atoms with Crippen molar-refractivity contribution in [3.05, 3.63) is 24.2 Å². The molecule has 1 fully saturated rings. The summed E-state index contributed by atoms with van der Waals surface area (Å²) in [7, 11) is -3.43. The van der Waals surface area contributed by atoms with Gasteiger partial charge >= 0.3 is 0 Å². The summed E-state index contributed by atoms with van der Waals surface area (Å²) in [6.07, 6.45) is 3.39. The maximum atomic E-state index is 12.1. The van der Waals surface area contributed by atoms with Gasteiger partial charge in [0.05, 0.1) is 12.8 Å². The van der Waals surface area contributed by atoms with Crippen LogP contribution in [0, 0.1) is 5.92 Å². The molecule has 6 nitrogen and oxygen atoms in total. The molecule has 1 aliphatic rings. The molecule has 0 amide bonds. The minimum Gasteiger partial charge on any atom is -0.468 e. The summed E-state index contributed by atoms with van der Waals surface area (Å²) in [5.41, 5.74) is 5.60. The largest absolute Gasteiger partial charge is 0.468 e. The summed E-state index contributed by atoms with van der Waals surface area (Å²) < 4.78 is 33.3. The minimum atomic E-state index is -3.43. The lowest BCUT2D eigenvalue weighted by Gasteiger charge is -2.31. The van der Waals surface area contributed by atoms with Gasteiger partial charge < -0.3 is 10.2 Å². The molecule has 1 aromatic heterocycles. The van der Waals surface area contributed by atoms with Gasteiger partial charge in [0.2, 0.25) is 0 Å². The highest BCUT2D eigenvalue weighted by Gasteiger charge is 2.27. The number of rotatable bonds is 5. The number of nitrogens with two attached hydrogens (primary N) is 1. The first-order valence-electron chi connectivity index (χ1n) is 6.09. The zero-order chi connectivity index (χ0) is 13.0. The van der Waals surface area contributed by atoms with Crippen LogP contribution in [-0.2, 0) is 16.8 Å². The van der Waals surface area contributed by atoms with Gasteiger partial charge in [0.15, 0.2) is 0 Å². The van der Waals surface area contributed by atoms with E-state index in [1.54, 1.807) is 12.1 Å². The normalized spacial score (nSPS) is 22.2. The van der Waals surface area contributed by atoms with Crippen molar-refractivity contribution in [2.75, 3.05) is 19.6 Å². The molecule has 0 saturated carbocycles. The van der Waals surface area contributed by atoms with Crippen LogP contribution in [-0.4, -0.2) is 32.4 Å². The molecule has 1 unspecified atom stereocenters. The minimum absolute atomic E-state index is 0.180. The fourth-order valence-electron chi connectivity index (χ4n) is 2.10. The van der Waals surface area contributed by atoms with E-state index >= 15 is 0 Å². The molecular weight excluding hydrogens is 254 g/mol. The van der Waals surface area contributed by atoms with E-state index in [1.807, 2.05) is 0 Å². The average Bonchev–Trinajstić information content (AvgIpc) is 2.90. The highest BCUT2D eigenvalue weighted by atomic mass is 32.2. The smallest absolute Gasteiger partial charge is 0.279 e. The Labute approximate surface area is 107 Å². The van der Waals surface area contributed by atoms with Crippen molar-refractivity contribution >= 4 is 10.2 Å². The van der Waals surface area contributed by atoms with Crippen LogP contribution in [0.1, 0.15) is 18.6 Å². The van der Waals surface area contributed by atoms with E-state index in [-0.39, 0.29) is 12.5 Å². The molecule has 0 aliphatic carbocycles. The van der Waals surface area contributed by atoms with Gasteiger partial charge in [0.1, 0.15) is 5.76 Å². The van der Waals surface area contributed by atoms with Gasteiger partial charge in [-0.1, -0.05) is 0 Å². The first kappa shape index (κ1) is 13.5. The monoisotopic (exact) mass is 273 g/mol. The van der Waals surface area contributed by atoms with Crippen molar-refractivity contribution < 1.29 is 12.8 Å². The fourth-order valence-corrected chi connectivity index (χ4v) is 3.39. The standard InChI is InChI=1S/C11H19N3O3S/c12-7-10-3-1-5-14(9-10)18(15,16)13-8-11-4-2-6-17-11/h2,4,6,10,13H,1,3,5,7-9,12H2. The van der Waals surface area contributed by atoms with E-state index in [2.05, 4.69) is 4.72 Å². The fraction of sp³-hybridized carbons (Fsp3) is 0.636. The second kappa shape index (κ2) is 5.83. The lowest BCUT2D eigenvalue weighted by Crippen LogP contribution is -2.47. The number of piperidine rings is 1. The topological polar surface area (TPSA) is 88.6 Å². The van der Waals surface area contributed by atoms with E-state index in [9.17, 15) is 8.42 Å². The number of hydrogen-bond donors (Lipinski definition) is 2. The SMILES string of the molecule is NCC1CCCN(S(=O)(=O)NCc2ccco2)C1. The van der Waals surface area contributed by atoms with Gasteiger partial charge in [-0.3, -0.25) is 0 Å². The number of nitrogens with one attached hydrogen (secondary N) is 1. The first-order valence-corrected chi connectivity index (χ1v) is 7.53. The van der Waals surface area contributed by atoms with Crippen LogP contribution in [0.5, 0.6) is 0 Å². The van der Waals surface area contributed by atoms with Gasteiger partial charge in [-0.25, -0.2) is 0 Å². The third kappa shape index (κ3) is 3.32. The van der Waals surface area contributed by atoms with Crippen molar-refractivity contribution in [1.29, 1.82) is 0 Å². The summed E-state index contributed by atoms with van der Waals surface area (Å²) in [5.74, 6) is 0.866. The molecule has 1 atom stereocenters. The molecule has 0 radical (unpaired) electrons. The molecule has 7 heteroatoms. The van der Waals surface area contributed by atoms with E-state index in [4.69, 9.17) is 10.2 Å². The quantitative estimate of drug-likeness (QED) is 0.806. The van der Waals surface area contributed by atoms with E-state index in [0.29, 0.717) is 25.4 Å². The van der Waals surface area contributed by atoms with Gasteiger partial charge in [-0.05, 0) is 37.4 Å². The predicted molar refractivity (Wildman–Crippen MR) is 67.8 cm³/mol. The van der Waals surface area contributed by atoms with Crippen molar-refractivity contribution in [1.82, 2.24) is 9.03 Å². The van der Waals surface area contributed by atoms with Gasteiger partial charge in [0, 0.05) is 13.1 Å². The Morgan fingerprint density at radius 1 is 1.56 bits per heavy atom. The summed E-state index contributed by atoms with van der Waals surface area (Å²) in [6.45, 7) is 1.78. The van der Waals surface area contributed by atoms with E-state index in [0.717, 1.165) is 12.8 Å². The first-order chi connectivity index (χ1) is 8.62. The molecule has 0 spiro atoms. The molecule has 1 aromatic rings. The van der Waals surface area contributed by atoms with Crippen LogP contribution < -0.4 is 10.5 Å². The molecule has 102 valence electrons. The van der Waals surface area contributed by atoms with Crippen LogP contribution in [0.2, 0.25) is 0 Å². The number of nitrogens with zero attached hydrogens (tertiary/aromatic N) is 1. The molecule has 0 aromatic carbocycles. The lowest BCUT2D eigenvalue weighted by atomic mass is 10.0. The molecule has 2 rings (SSSR count).